The van der Waals surface area contributed by atoms with Gasteiger partial charge in [0.05, 0.1) is 0 Å². The quantitative estimate of drug-likeness (QED) is 0.675. The minimum Gasteiger partial charge on any atom is -0.492 e. The van der Waals surface area contributed by atoms with Crippen molar-refractivity contribution in [2.75, 3.05) is 19.4 Å². The van der Waals surface area contributed by atoms with Crippen molar-refractivity contribution in [1.29, 1.82) is 0 Å². The fourth-order valence-electron chi connectivity index (χ4n) is 1.65. The van der Waals surface area contributed by atoms with Gasteiger partial charge in [-0.2, -0.15) is 0 Å². The van der Waals surface area contributed by atoms with Crippen molar-refractivity contribution in [3.05, 3.63) is 36.4 Å². The predicted molar refractivity (Wildman–Crippen MR) is 76.9 cm³/mol. The van der Waals surface area contributed by atoms with E-state index in [0.29, 0.717) is 19.4 Å². The number of hydrogen-bond acceptors (Lipinski definition) is 3. The van der Waals surface area contributed by atoms with Crippen molar-refractivity contribution in [2.45, 2.75) is 20.4 Å². The zero-order chi connectivity index (χ0) is 13.4. The standard InChI is InChI=1S/C14H22O3Si/c1-5-13-8-10-14(11-9-13)15-12-18(4,16-6-2)17-7-3/h5,8-11H,1,6-7,12H2,2-4H3. The summed E-state index contributed by atoms with van der Waals surface area (Å²) in [5.41, 5.74) is 1.08. The molecule has 100 valence electrons. The van der Waals surface area contributed by atoms with Crippen LogP contribution in [0.1, 0.15) is 19.4 Å². The molecular formula is C14H22O3Si. The third-order valence-electron chi connectivity index (χ3n) is 2.52. The Hall–Kier alpha value is -1.10. The Morgan fingerprint density at radius 1 is 1.11 bits per heavy atom. The molecule has 0 amide bonds. The maximum atomic E-state index is 5.75. The molecule has 18 heavy (non-hydrogen) atoms. The first-order chi connectivity index (χ1) is 8.63. The normalized spacial score (nSPS) is 11.3. The van der Waals surface area contributed by atoms with Crippen LogP contribution in [0, 0.1) is 0 Å². The van der Waals surface area contributed by atoms with Gasteiger partial charge >= 0.3 is 8.56 Å². The molecule has 4 heteroatoms. The van der Waals surface area contributed by atoms with Crippen molar-refractivity contribution < 1.29 is 13.6 Å². The minimum absolute atomic E-state index is 0.502. The van der Waals surface area contributed by atoms with Gasteiger partial charge in [-0.3, -0.25) is 0 Å². The maximum absolute atomic E-state index is 5.75. The van der Waals surface area contributed by atoms with E-state index in [-0.39, 0.29) is 0 Å². The lowest BCUT2D eigenvalue weighted by molar-refractivity contribution is 0.164. The molecule has 1 rings (SSSR count). The third kappa shape index (κ3) is 4.64. The Balaban J connectivity index is 2.57. The summed E-state index contributed by atoms with van der Waals surface area (Å²) >= 11 is 0. The highest BCUT2D eigenvalue weighted by atomic mass is 28.4. The third-order valence-corrected chi connectivity index (χ3v) is 4.98. The fraction of sp³-hybridized carbons (Fsp3) is 0.429. The molecule has 0 radical (unpaired) electrons. The van der Waals surface area contributed by atoms with Crippen LogP contribution >= 0.6 is 0 Å². The summed E-state index contributed by atoms with van der Waals surface area (Å²) in [5.74, 6) is 0.832. The summed E-state index contributed by atoms with van der Waals surface area (Å²) in [6, 6.07) is 7.82. The van der Waals surface area contributed by atoms with E-state index in [1.54, 1.807) is 0 Å². The second kappa shape index (κ2) is 7.36. The highest BCUT2D eigenvalue weighted by Crippen LogP contribution is 2.15. The van der Waals surface area contributed by atoms with E-state index < -0.39 is 8.56 Å². The Morgan fingerprint density at radius 3 is 2.11 bits per heavy atom. The van der Waals surface area contributed by atoms with Gasteiger partial charge in [-0.15, -0.1) is 0 Å². The molecule has 0 aliphatic heterocycles. The van der Waals surface area contributed by atoms with E-state index in [1.807, 2.05) is 50.7 Å². The molecule has 0 aliphatic rings. The predicted octanol–water partition coefficient (Wildman–Crippen LogP) is 3.39. The molecule has 0 saturated carbocycles. The first kappa shape index (κ1) is 15.0. The smallest absolute Gasteiger partial charge is 0.373 e. The zero-order valence-corrected chi connectivity index (χ0v) is 12.4. The topological polar surface area (TPSA) is 27.7 Å². The molecule has 0 saturated heterocycles. The molecule has 0 aromatic heterocycles. The first-order valence-electron chi connectivity index (χ1n) is 6.26. The van der Waals surface area contributed by atoms with Gasteiger partial charge in [0, 0.05) is 13.2 Å². The summed E-state index contributed by atoms with van der Waals surface area (Å²) in [6.07, 6.45) is 2.31. The second-order valence-electron chi connectivity index (χ2n) is 4.06. The molecule has 0 heterocycles. The average molecular weight is 266 g/mol. The van der Waals surface area contributed by atoms with Crippen LogP contribution in [-0.2, 0) is 8.85 Å². The highest BCUT2D eigenvalue weighted by molar-refractivity contribution is 6.66. The van der Waals surface area contributed by atoms with Crippen LogP contribution < -0.4 is 4.74 Å². The molecule has 0 spiro atoms. The van der Waals surface area contributed by atoms with E-state index >= 15 is 0 Å². The molecule has 1 aromatic carbocycles. The van der Waals surface area contributed by atoms with Crippen LogP contribution in [0.25, 0.3) is 6.08 Å². The summed E-state index contributed by atoms with van der Waals surface area (Å²) < 4.78 is 17.2. The van der Waals surface area contributed by atoms with Crippen LogP contribution in [0.5, 0.6) is 5.75 Å². The molecule has 0 aliphatic carbocycles. The van der Waals surface area contributed by atoms with Crippen molar-refractivity contribution in [2.24, 2.45) is 0 Å². The van der Waals surface area contributed by atoms with Crippen LogP contribution in [-0.4, -0.2) is 28.0 Å². The van der Waals surface area contributed by atoms with Crippen molar-refractivity contribution in [1.82, 2.24) is 0 Å². The lowest BCUT2D eigenvalue weighted by atomic mass is 10.2. The number of ether oxygens (including phenoxy) is 1. The Kier molecular flexibility index (Phi) is 6.11. The van der Waals surface area contributed by atoms with Crippen molar-refractivity contribution in [3.63, 3.8) is 0 Å². The minimum atomic E-state index is -2.20. The Morgan fingerprint density at radius 2 is 1.67 bits per heavy atom. The van der Waals surface area contributed by atoms with Crippen molar-refractivity contribution >= 4 is 14.6 Å². The van der Waals surface area contributed by atoms with Gasteiger partial charge in [-0.25, -0.2) is 0 Å². The van der Waals surface area contributed by atoms with E-state index in [9.17, 15) is 0 Å². The van der Waals surface area contributed by atoms with E-state index in [4.69, 9.17) is 13.6 Å². The van der Waals surface area contributed by atoms with Gasteiger partial charge in [-0.05, 0) is 38.1 Å². The van der Waals surface area contributed by atoms with Gasteiger partial charge in [0.1, 0.15) is 12.0 Å². The zero-order valence-electron chi connectivity index (χ0n) is 11.4. The largest absolute Gasteiger partial charge is 0.492 e. The molecule has 0 unspecified atom stereocenters. The van der Waals surface area contributed by atoms with Crippen LogP contribution in [0.3, 0.4) is 0 Å². The van der Waals surface area contributed by atoms with Gasteiger partial charge in [0.15, 0.2) is 0 Å². The molecular weight excluding hydrogens is 244 g/mol. The molecule has 0 fully saturated rings. The van der Waals surface area contributed by atoms with Crippen LogP contribution in [0.15, 0.2) is 30.8 Å². The SMILES string of the molecule is C=Cc1ccc(OC[Si](C)(OCC)OCC)cc1. The highest BCUT2D eigenvalue weighted by Gasteiger charge is 2.32. The van der Waals surface area contributed by atoms with Crippen LogP contribution in [0.2, 0.25) is 6.55 Å². The Bertz CT molecular complexity index is 356. The summed E-state index contributed by atoms with van der Waals surface area (Å²) in [5, 5.41) is 0. The molecule has 3 nitrogen and oxygen atoms in total. The van der Waals surface area contributed by atoms with Crippen molar-refractivity contribution in [3.8, 4) is 5.75 Å². The molecule has 1 aromatic rings. The first-order valence-corrected chi connectivity index (χ1v) is 8.79. The van der Waals surface area contributed by atoms with Gasteiger partial charge in [0.25, 0.3) is 0 Å². The number of hydrogen-bond donors (Lipinski definition) is 0. The van der Waals surface area contributed by atoms with E-state index in [0.717, 1.165) is 11.3 Å². The summed E-state index contributed by atoms with van der Waals surface area (Å²) in [6.45, 7) is 11.0. The van der Waals surface area contributed by atoms with Gasteiger partial charge in [-0.1, -0.05) is 24.8 Å². The van der Waals surface area contributed by atoms with E-state index in [1.165, 1.54) is 0 Å². The number of benzene rings is 1. The molecule has 0 N–H and O–H groups in total. The van der Waals surface area contributed by atoms with Gasteiger partial charge < -0.3 is 13.6 Å². The summed E-state index contributed by atoms with van der Waals surface area (Å²) in [7, 11) is -2.20. The lowest BCUT2D eigenvalue weighted by Crippen LogP contribution is -2.45. The fourth-order valence-corrected chi connectivity index (χ4v) is 3.55. The van der Waals surface area contributed by atoms with E-state index in [2.05, 4.69) is 6.58 Å². The maximum Gasteiger partial charge on any atom is 0.373 e. The second-order valence-corrected chi connectivity index (χ2v) is 7.20. The summed E-state index contributed by atoms with van der Waals surface area (Å²) in [4.78, 5) is 0. The lowest BCUT2D eigenvalue weighted by Gasteiger charge is -2.25. The monoisotopic (exact) mass is 266 g/mol. The average Bonchev–Trinajstić information content (AvgIpc) is 2.38. The Labute approximate surface area is 111 Å². The molecule has 0 bridgehead atoms. The van der Waals surface area contributed by atoms with Crippen LogP contribution in [0.4, 0.5) is 0 Å². The van der Waals surface area contributed by atoms with Gasteiger partial charge in [0.2, 0.25) is 0 Å². The molecule has 0 atom stereocenters. The number of rotatable bonds is 8.